The summed E-state index contributed by atoms with van der Waals surface area (Å²) >= 11 is 0. The number of aromatic nitrogens is 1. The largest absolute Gasteiger partial charge is 0.479 e. The quantitative estimate of drug-likeness (QED) is 0.0283. The number of aliphatic hydroxyl groups is 3. The number of hydrogen-bond donors (Lipinski definition) is 10. The second-order valence-electron chi connectivity index (χ2n) is 21.7. The van der Waals surface area contributed by atoms with E-state index < -0.39 is 116 Å². The van der Waals surface area contributed by atoms with Crippen molar-refractivity contribution in [1.29, 1.82) is 0 Å². The van der Waals surface area contributed by atoms with E-state index in [0.29, 0.717) is 23.6 Å². The highest BCUT2D eigenvalue weighted by molar-refractivity contribution is 6.15. The second-order valence-corrected chi connectivity index (χ2v) is 21.7. The van der Waals surface area contributed by atoms with Gasteiger partial charge in [0.25, 0.3) is 17.7 Å². The molecule has 6 rings (SSSR count). The molecule has 0 bridgehead atoms. The number of carboxylic acid groups (broad SMARTS) is 1. The first-order chi connectivity index (χ1) is 41.5. The number of likely N-dealkylation sites (N-methyl/N-ethyl adjacent to an activating group) is 1. The molecule has 1 aromatic heterocycles. The van der Waals surface area contributed by atoms with Crippen molar-refractivity contribution >= 4 is 76.7 Å². The molecule has 2 fully saturated rings. The summed E-state index contributed by atoms with van der Waals surface area (Å²) in [7, 11) is 1.58. The van der Waals surface area contributed by atoms with Crippen LogP contribution in [0.15, 0.2) is 79.1 Å². The summed E-state index contributed by atoms with van der Waals surface area (Å²) in [6.45, 7) is 4.07. The Labute approximate surface area is 501 Å². The molecule has 1 aliphatic carbocycles. The average Bonchev–Trinajstić information content (AvgIpc) is 2.03. The van der Waals surface area contributed by atoms with Gasteiger partial charge in [-0.05, 0) is 94.5 Å². The van der Waals surface area contributed by atoms with Crippen LogP contribution in [0.25, 0.3) is 0 Å². The normalized spacial score (nSPS) is 18.8. The van der Waals surface area contributed by atoms with Gasteiger partial charge in [0.15, 0.2) is 6.10 Å². The SMILES string of the molecule is CN(CCON(C(=O)CCCCCCNC(=O)Nc1ccncc1)C1CCCCC1)C(=O)c1cccc(NC(=O)OCc2ccc(O[C@@H]3O[C@H](C(=O)O)[C@@H](O)[C@H](O)[C@H]3O)c(NC(=O)CCNC(=O)C(CNC(=O)OC(C)(C)C)N3C(=O)C=CC3=O)c2)c1. The zero-order valence-corrected chi connectivity index (χ0v) is 48.8. The third-order valence-corrected chi connectivity index (χ3v) is 13.7. The number of aliphatic hydroxyl groups excluding tert-OH is 3. The lowest BCUT2D eigenvalue weighted by Gasteiger charge is -2.38. The van der Waals surface area contributed by atoms with Gasteiger partial charge in [-0.2, -0.15) is 0 Å². The number of amides is 10. The fourth-order valence-electron chi connectivity index (χ4n) is 9.29. The van der Waals surface area contributed by atoms with Crippen molar-refractivity contribution in [2.45, 2.75) is 146 Å². The molecular weight excluding hydrogens is 1140 g/mol. The van der Waals surface area contributed by atoms with Crippen LogP contribution in [-0.4, -0.2) is 188 Å². The summed E-state index contributed by atoms with van der Waals surface area (Å²) in [5.74, 6) is -5.87. The van der Waals surface area contributed by atoms with Crippen LogP contribution in [0.2, 0.25) is 0 Å². The van der Waals surface area contributed by atoms with Crippen LogP contribution in [0.1, 0.15) is 107 Å². The molecule has 2 aromatic carbocycles. The average molecular weight is 1220 g/mol. The topological polar surface area (TPSA) is 393 Å². The lowest BCUT2D eigenvalue weighted by molar-refractivity contribution is -0.271. The molecule has 1 saturated carbocycles. The number of nitrogens with zero attached hydrogens (tertiary/aromatic N) is 4. The molecular formula is C58H76N10O19. The summed E-state index contributed by atoms with van der Waals surface area (Å²) in [6, 6.07) is 11.4. The third-order valence-electron chi connectivity index (χ3n) is 13.7. The molecule has 3 heterocycles. The standard InChI is InChI=1S/C58H76N10O19/c1-58(2,3)87-56(81)62-33-41(67-44(70)20-21-45(67)71)51(76)60-28-24-43(69)65-40-31-35(18-19-42(40)85-54-49(75)47(73)48(74)50(86-54)53(78)79)34-83-57(82)64-38-14-12-13-36(32-38)52(77)66(4)29-30-84-68(39-15-8-7-9-16-39)46(72)17-10-5-6-11-25-61-55(80)63-37-22-26-59-27-23-37/h12-14,18-23,26-27,31-32,39,41,47-50,54,73-75H,5-11,15-17,24-25,28-30,33-34H2,1-4H3,(H,60,76)(H,62,81)(H,64,82)(H,65,69)(H,78,79)(H2,59,61,63,80)/t41?,47-,48-,49+,50-,54+/m0/s1. The molecule has 29 nitrogen and oxygen atoms in total. The molecule has 0 radical (unpaired) electrons. The highest BCUT2D eigenvalue weighted by Crippen LogP contribution is 2.32. The Hall–Kier alpha value is -8.77. The number of carboxylic acids is 1. The molecule has 472 valence electrons. The highest BCUT2D eigenvalue weighted by atomic mass is 16.7. The maximum atomic E-state index is 13.6. The van der Waals surface area contributed by atoms with Crippen molar-refractivity contribution in [1.82, 2.24) is 35.8 Å². The number of aliphatic carboxylic acids is 1. The smallest absolute Gasteiger partial charge is 0.411 e. The molecule has 3 aromatic rings. The van der Waals surface area contributed by atoms with Crippen LogP contribution in [0.4, 0.5) is 31.4 Å². The van der Waals surface area contributed by atoms with Gasteiger partial charge in [0, 0.05) is 81.0 Å². The van der Waals surface area contributed by atoms with Gasteiger partial charge in [0.1, 0.15) is 42.3 Å². The van der Waals surface area contributed by atoms with Gasteiger partial charge >= 0.3 is 24.2 Å². The summed E-state index contributed by atoms with van der Waals surface area (Å²) in [4.78, 5) is 141. The number of unbranched alkanes of at least 4 members (excludes halogenated alkanes) is 3. The van der Waals surface area contributed by atoms with Crippen LogP contribution in [0, 0.1) is 0 Å². The number of carbonyl (C=O) groups is 10. The van der Waals surface area contributed by atoms with E-state index in [-0.39, 0.29) is 65.8 Å². The molecule has 6 atom stereocenters. The lowest BCUT2D eigenvalue weighted by atomic mass is 9.95. The Balaban J connectivity index is 1.02. The number of carbonyl (C=O) groups excluding carboxylic acids is 9. The zero-order chi connectivity index (χ0) is 63.2. The number of rotatable bonds is 28. The van der Waals surface area contributed by atoms with Gasteiger partial charge in [-0.15, -0.1) is 0 Å². The van der Waals surface area contributed by atoms with Crippen molar-refractivity contribution in [3.05, 3.63) is 90.3 Å². The summed E-state index contributed by atoms with van der Waals surface area (Å²) in [5.41, 5.74) is 0.173. The molecule has 3 aliphatic rings. The van der Waals surface area contributed by atoms with Crippen LogP contribution in [-0.2, 0) is 54.4 Å². The number of imide groups is 1. The van der Waals surface area contributed by atoms with Gasteiger partial charge in [0.05, 0.1) is 24.9 Å². The molecule has 1 saturated heterocycles. The first-order valence-electron chi connectivity index (χ1n) is 28.5. The molecule has 1 unspecified atom stereocenters. The number of ether oxygens (including phenoxy) is 4. The van der Waals surface area contributed by atoms with E-state index in [1.807, 2.05) is 0 Å². The Kier molecular flexibility index (Phi) is 25.3. The van der Waals surface area contributed by atoms with Crippen LogP contribution >= 0.6 is 0 Å². The zero-order valence-electron chi connectivity index (χ0n) is 48.8. The minimum atomic E-state index is -2.05. The predicted molar refractivity (Wildman–Crippen MR) is 308 cm³/mol. The summed E-state index contributed by atoms with van der Waals surface area (Å²) in [5, 5.41) is 57.9. The van der Waals surface area contributed by atoms with Gasteiger partial charge in [0.2, 0.25) is 24.0 Å². The minimum absolute atomic E-state index is 0.0388. The number of alkyl carbamates (subject to hydrolysis) is 1. The van der Waals surface area contributed by atoms with E-state index >= 15 is 0 Å². The fraction of sp³-hybridized carbons (Fsp3) is 0.500. The Morgan fingerprint density at radius 1 is 0.770 bits per heavy atom. The first kappa shape index (κ1) is 67.4. The van der Waals surface area contributed by atoms with Gasteiger partial charge in [-0.1, -0.05) is 44.2 Å². The summed E-state index contributed by atoms with van der Waals surface area (Å²) in [6.07, 6.45) is 0.528. The number of benzene rings is 2. The van der Waals surface area contributed by atoms with Crippen LogP contribution in [0.5, 0.6) is 5.75 Å². The van der Waals surface area contributed by atoms with Gasteiger partial charge in [-0.25, -0.2) is 24.2 Å². The minimum Gasteiger partial charge on any atom is -0.479 e. The third kappa shape index (κ3) is 21.0. The van der Waals surface area contributed by atoms with Crippen molar-refractivity contribution < 1.29 is 92.2 Å². The maximum absolute atomic E-state index is 13.6. The van der Waals surface area contributed by atoms with Crippen LogP contribution in [0.3, 0.4) is 0 Å². The summed E-state index contributed by atoms with van der Waals surface area (Å²) < 4.78 is 21.7. The molecule has 10 amide bonds. The molecule has 29 heteroatoms. The van der Waals surface area contributed by atoms with Crippen molar-refractivity contribution in [3.8, 4) is 5.75 Å². The molecule has 2 aliphatic heterocycles. The van der Waals surface area contributed by atoms with Crippen molar-refractivity contribution in [2.24, 2.45) is 0 Å². The van der Waals surface area contributed by atoms with Crippen molar-refractivity contribution in [2.75, 3.05) is 55.8 Å². The van der Waals surface area contributed by atoms with E-state index in [1.54, 1.807) is 64.5 Å². The monoisotopic (exact) mass is 1220 g/mol. The van der Waals surface area contributed by atoms with Crippen molar-refractivity contribution in [3.63, 3.8) is 0 Å². The highest BCUT2D eigenvalue weighted by Gasteiger charge is 2.48. The lowest BCUT2D eigenvalue weighted by Crippen LogP contribution is -2.61. The fourth-order valence-corrected chi connectivity index (χ4v) is 9.29. The Morgan fingerprint density at radius 2 is 1.48 bits per heavy atom. The van der Waals surface area contributed by atoms with Gasteiger partial charge < -0.3 is 70.9 Å². The van der Waals surface area contributed by atoms with E-state index in [4.69, 9.17) is 23.8 Å². The Bertz CT molecular complexity index is 2920. The second kappa shape index (κ2) is 32.7. The van der Waals surface area contributed by atoms with E-state index in [2.05, 4.69) is 36.9 Å². The number of hydroxylamine groups is 2. The van der Waals surface area contributed by atoms with E-state index in [1.165, 1.54) is 40.3 Å². The molecule has 87 heavy (non-hydrogen) atoms. The van der Waals surface area contributed by atoms with E-state index in [0.717, 1.165) is 63.5 Å². The first-order valence-corrected chi connectivity index (χ1v) is 28.5. The van der Waals surface area contributed by atoms with Crippen LogP contribution < -0.4 is 36.6 Å². The Morgan fingerprint density at radius 3 is 2.18 bits per heavy atom. The number of anilines is 3. The van der Waals surface area contributed by atoms with Gasteiger partial charge in [-0.3, -0.25) is 48.8 Å². The molecule has 10 N–H and O–H groups in total. The number of nitrogens with one attached hydrogen (secondary N) is 6. The maximum Gasteiger partial charge on any atom is 0.411 e. The predicted octanol–water partition coefficient (Wildman–Crippen LogP) is 3.30. The molecule has 0 spiro atoms. The number of hydrogen-bond acceptors (Lipinski definition) is 19. The number of pyridine rings is 1. The van der Waals surface area contributed by atoms with E-state index in [9.17, 15) is 68.4 Å². The number of urea groups is 1.